The lowest BCUT2D eigenvalue weighted by atomic mass is 10.2. The maximum Gasteiger partial charge on any atom is 0.220 e. The number of ether oxygens (including phenoxy) is 1. The van der Waals surface area contributed by atoms with Crippen molar-refractivity contribution < 1.29 is 17.9 Å². The first kappa shape index (κ1) is 20.7. The largest absolute Gasteiger partial charge is 0.494 e. The number of nitrogens with two attached hydrogens (primary N) is 1. The number of hydrogen-bond acceptors (Lipinski definition) is 5. The fourth-order valence-corrected chi connectivity index (χ4v) is 2.24. The summed E-state index contributed by atoms with van der Waals surface area (Å²) < 4.78 is 28.1. The minimum absolute atomic E-state index is 0. The first-order valence-corrected chi connectivity index (χ1v) is 8.64. The van der Waals surface area contributed by atoms with Crippen LogP contribution in [0.1, 0.15) is 19.8 Å². The second-order valence-electron chi connectivity index (χ2n) is 4.90. The zero-order valence-electron chi connectivity index (χ0n) is 12.7. The normalized spacial score (nSPS) is 12.1. The van der Waals surface area contributed by atoms with Gasteiger partial charge in [-0.3, -0.25) is 4.79 Å². The Morgan fingerprint density at radius 3 is 2.41 bits per heavy atom. The highest BCUT2D eigenvalue weighted by Gasteiger charge is 2.07. The Bertz CT molecular complexity index is 561. The molecule has 3 N–H and O–H groups in total. The summed E-state index contributed by atoms with van der Waals surface area (Å²) >= 11 is 0. The highest BCUT2D eigenvalue weighted by Crippen LogP contribution is 2.16. The van der Waals surface area contributed by atoms with Gasteiger partial charge in [0.25, 0.3) is 0 Å². The fourth-order valence-electron chi connectivity index (χ4n) is 1.61. The molecule has 0 heterocycles. The van der Waals surface area contributed by atoms with E-state index in [1.807, 2.05) is 6.92 Å². The summed E-state index contributed by atoms with van der Waals surface area (Å²) in [5.41, 5.74) is 5.41. The van der Waals surface area contributed by atoms with Crippen molar-refractivity contribution in [2.75, 3.05) is 19.4 Å². The quantitative estimate of drug-likeness (QED) is 0.685. The molecule has 126 valence electrons. The molecule has 0 spiro atoms. The van der Waals surface area contributed by atoms with Gasteiger partial charge in [0, 0.05) is 25.3 Å². The average molecular weight is 351 g/mol. The van der Waals surface area contributed by atoms with E-state index in [-0.39, 0.29) is 29.3 Å². The Morgan fingerprint density at radius 2 is 1.91 bits per heavy atom. The third kappa shape index (κ3) is 7.63. The Morgan fingerprint density at radius 1 is 1.32 bits per heavy atom. The van der Waals surface area contributed by atoms with Crippen molar-refractivity contribution in [3.8, 4) is 5.75 Å². The highest BCUT2D eigenvalue weighted by molar-refractivity contribution is 7.90. The molecule has 1 atom stereocenters. The van der Waals surface area contributed by atoms with Crippen LogP contribution in [0.25, 0.3) is 0 Å². The van der Waals surface area contributed by atoms with Crippen molar-refractivity contribution in [1.29, 1.82) is 0 Å². The fraction of sp³-hybridized carbons (Fsp3) is 0.500. The van der Waals surface area contributed by atoms with Gasteiger partial charge in [0.05, 0.1) is 11.5 Å². The van der Waals surface area contributed by atoms with Gasteiger partial charge in [-0.1, -0.05) is 0 Å². The topological polar surface area (TPSA) is 98.5 Å². The maximum atomic E-state index is 11.5. The lowest BCUT2D eigenvalue weighted by Gasteiger charge is -2.11. The van der Waals surface area contributed by atoms with E-state index in [1.54, 1.807) is 12.1 Å². The highest BCUT2D eigenvalue weighted by atomic mass is 35.5. The molecule has 6 nitrogen and oxygen atoms in total. The number of hydrogen-bond donors (Lipinski definition) is 2. The molecule has 0 aliphatic heterocycles. The summed E-state index contributed by atoms with van der Waals surface area (Å²) in [6.45, 7) is 2.65. The van der Waals surface area contributed by atoms with Crippen molar-refractivity contribution in [2.45, 2.75) is 30.7 Å². The van der Waals surface area contributed by atoms with Crippen LogP contribution in [0, 0.1) is 0 Å². The van der Waals surface area contributed by atoms with Crippen LogP contribution in [-0.4, -0.2) is 39.8 Å². The molecular weight excluding hydrogens is 328 g/mol. The molecule has 1 aromatic carbocycles. The molecule has 0 bridgehead atoms. The second kappa shape index (κ2) is 9.66. The molecule has 0 saturated heterocycles. The van der Waals surface area contributed by atoms with E-state index in [0.717, 1.165) is 6.26 Å². The van der Waals surface area contributed by atoms with E-state index < -0.39 is 9.84 Å². The van der Waals surface area contributed by atoms with Gasteiger partial charge >= 0.3 is 0 Å². The van der Waals surface area contributed by atoms with Crippen LogP contribution in [0.3, 0.4) is 0 Å². The van der Waals surface area contributed by atoms with Crippen molar-refractivity contribution in [3.05, 3.63) is 24.3 Å². The van der Waals surface area contributed by atoms with Gasteiger partial charge in [-0.15, -0.1) is 12.4 Å². The second-order valence-corrected chi connectivity index (χ2v) is 6.92. The van der Waals surface area contributed by atoms with Crippen LogP contribution in [0.15, 0.2) is 29.2 Å². The van der Waals surface area contributed by atoms with Gasteiger partial charge in [0.1, 0.15) is 5.75 Å². The van der Waals surface area contributed by atoms with Crippen molar-refractivity contribution >= 4 is 28.2 Å². The van der Waals surface area contributed by atoms with E-state index in [4.69, 9.17) is 10.5 Å². The van der Waals surface area contributed by atoms with Gasteiger partial charge < -0.3 is 15.8 Å². The predicted molar refractivity (Wildman–Crippen MR) is 88.2 cm³/mol. The molecule has 1 aromatic rings. The lowest BCUT2D eigenvalue weighted by Crippen LogP contribution is -2.37. The molecule has 0 aliphatic carbocycles. The molecule has 0 aliphatic rings. The molecule has 0 aromatic heterocycles. The third-order valence-corrected chi connectivity index (χ3v) is 3.96. The molecule has 0 radical (unpaired) electrons. The number of amides is 1. The molecule has 22 heavy (non-hydrogen) atoms. The van der Waals surface area contributed by atoms with Crippen LogP contribution in [0.2, 0.25) is 0 Å². The average Bonchev–Trinajstić information content (AvgIpc) is 2.43. The summed E-state index contributed by atoms with van der Waals surface area (Å²) in [6, 6.07) is 6.18. The SMILES string of the molecule is C[C@@H](CN)NC(=O)CCCOc1ccc(S(C)(=O)=O)cc1.Cl. The number of halogens is 1. The predicted octanol–water partition coefficient (Wildman–Crippen LogP) is 1.13. The molecule has 8 heteroatoms. The van der Waals surface area contributed by atoms with Crippen LogP contribution >= 0.6 is 12.4 Å². The first-order valence-electron chi connectivity index (χ1n) is 6.75. The summed E-state index contributed by atoms with van der Waals surface area (Å²) in [7, 11) is -3.19. The van der Waals surface area contributed by atoms with Gasteiger partial charge in [-0.05, 0) is 37.6 Å². The number of carbonyl (C=O) groups excluding carboxylic acids is 1. The van der Waals surface area contributed by atoms with E-state index in [9.17, 15) is 13.2 Å². The molecule has 0 saturated carbocycles. The Kier molecular flexibility index (Phi) is 9.08. The Hall–Kier alpha value is -1.31. The van der Waals surface area contributed by atoms with Crippen molar-refractivity contribution in [2.24, 2.45) is 5.73 Å². The number of rotatable bonds is 8. The van der Waals surface area contributed by atoms with E-state index >= 15 is 0 Å². The zero-order chi connectivity index (χ0) is 15.9. The summed E-state index contributed by atoms with van der Waals surface area (Å²) in [5, 5.41) is 2.77. The van der Waals surface area contributed by atoms with Gasteiger partial charge in [-0.25, -0.2) is 8.42 Å². The summed E-state index contributed by atoms with van der Waals surface area (Å²) in [5.74, 6) is 0.530. The monoisotopic (exact) mass is 350 g/mol. The van der Waals surface area contributed by atoms with E-state index in [2.05, 4.69) is 5.32 Å². The third-order valence-electron chi connectivity index (χ3n) is 2.83. The summed E-state index contributed by atoms with van der Waals surface area (Å²) in [6.07, 6.45) is 2.10. The van der Waals surface area contributed by atoms with E-state index in [0.29, 0.717) is 31.7 Å². The minimum Gasteiger partial charge on any atom is -0.494 e. The zero-order valence-corrected chi connectivity index (χ0v) is 14.4. The first-order chi connectivity index (χ1) is 9.82. The van der Waals surface area contributed by atoms with Gasteiger partial charge in [-0.2, -0.15) is 0 Å². The van der Waals surface area contributed by atoms with Crippen molar-refractivity contribution in [3.63, 3.8) is 0 Å². The number of sulfone groups is 1. The van der Waals surface area contributed by atoms with E-state index in [1.165, 1.54) is 12.1 Å². The minimum atomic E-state index is -3.19. The lowest BCUT2D eigenvalue weighted by molar-refractivity contribution is -0.121. The van der Waals surface area contributed by atoms with Crippen LogP contribution in [0.5, 0.6) is 5.75 Å². The Balaban J connectivity index is 0.00000441. The molecule has 0 fully saturated rings. The van der Waals surface area contributed by atoms with Gasteiger partial charge in [0.15, 0.2) is 9.84 Å². The molecule has 0 unspecified atom stereocenters. The van der Waals surface area contributed by atoms with Crippen LogP contribution in [-0.2, 0) is 14.6 Å². The number of carbonyl (C=O) groups is 1. The molecule has 1 amide bonds. The maximum absolute atomic E-state index is 11.5. The number of benzene rings is 1. The van der Waals surface area contributed by atoms with Crippen LogP contribution < -0.4 is 15.8 Å². The molecule has 1 rings (SSSR count). The molecular formula is C14H23ClN2O4S. The smallest absolute Gasteiger partial charge is 0.220 e. The standard InChI is InChI=1S/C14H22N2O4S.ClH/c1-11(10-15)16-14(17)4-3-9-20-12-5-7-13(8-6-12)21(2,18)19;/h5-8,11H,3-4,9-10,15H2,1-2H3,(H,16,17);1H/t11-;/m0./s1. The van der Waals surface area contributed by atoms with Crippen molar-refractivity contribution in [1.82, 2.24) is 5.32 Å². The Labute approximate surface area is 137 Å². The van der Waals surface area contributed by atoms with Gasteiger partial charge in [0.2, 0.25) is 5.91 Å². The number of nitrogens with one attached hydrogen (secondary N) is 1. The van der Waals surface area contributed by atoms with Crippen LogP contribution in [0.4, 0.5) is 0 Å². The summed E-state index contributed by atoms with van der Waals surface area (Å²) in [4.78, 5) is 11.7.